The molecular weight excluding hydrogens is 420 g/mol. The van der Waals surface area contributed by atoms with Crippen LogP contribution < -0.4 is 14.8 Å². The van der Waals surface area contributed by atoms with Crippen LogP contribution in [0.15, 0.2) is 48.7 Å². The Morgan fingerprint density at radius 2 is 1.97 bits per heavy atom. The molecule has 6 nitrogen and oxygen atoms in total. The van der Waals surface area contributed by atoms with Crippen molar-refractivity contribution in [1.82, 2.24) is 19.8 Å². The summed E-state index contributed by atoms with van der Waals surface area (Å²) in [5, 5.41) is 4.35. The van der Waals surface area contributed by atoms with E-state index in [9.17, 15) is 0 Å². The molecule has 2 aromatic heterocycles. The molecule has 0 aliphatic carbocycles. The van der Waals surface area contributed by atoms with Gasteiger partial charge in [-0.25, -0.2) is 0 Å². The number of unbranched alkanes of at least 4 members (excludes halogenated alkanes) is 1. The number of benzene rings is 1. The number of pyridine rings is 1. The minimum absolute atomic E-state index is 0.00580. The zero-order chi connectivity index (χ0) is 22.2. The van der Waals surface area contributed by atoms with Crippen molar-refractivity contribution >= 4 is 17.3 Å². The third kappa shape index (κ3) is 3.50. The second kappa shape index (κ2) is 8.47. The monoisotopic (exact) mass is 448 g/mol. The Kier molecular flexibility index (Phi) is 5.51. The Morgan fingerprint density at radius 1 is 1.12 bits per heavy atom. The zero-order valence-corrected chi connectivity index (χ0v) is 19.5. The van der Waals surface area contributed by atoms with Crippen molar-refractivity contribution in [3.05, 3.63) is 71.3 Å². The highest BCUT2D eigenvalue weighted by Crippen LogP contribution is 2.42. The van der Waals surface area contributed by atoms with Crippen LogP contribution in [0.4, 0.5) is 0 Å². The molecule has 166 valence electrons. The minimum Gasteiger partial charge on any atom is -0.454 e. The van der Waals surface area contributed by atoms with Gasteiger partial charge in [-0.1, -0.05) is 19.4 Å². The molecule has 1 saturated heterocycles. The van der Waals surface area contributed by atoms with Gasteiger partial charge in [-0.05, 0) is 68.4 Å². The van der Waals surface area contributed by atoms with E-state index in [0.29, 0.717) is 0 Å². The van der Waals surface area contributed by atoms with E-state index < -0.39 is 0 Å². The van der Waals surface area contributed by atoms with Crippen LogP contribution in [-0.2, 0) is 0 Å². The molecule has 1 N–H and O–H groups in total. The molecule has 2 atom stereocenters. The van der Waals surface area contributed by atoms with Gasteiger partial charge in [0.1, 0.15) is 0 Å². The van der Waals surface area contributed by atoms with Crippen LogP contribution in [0.1, 0.15) is 54.5 Å². The standard InChI is InChI=1S/C25H28N4O2S/c1-4-5-12-28-24(23(27-25(28)32)20-8-6-7-11-26-20)19-13-16(2)29(17(19)3)18-9-10-21-22(14-18)31-15-30-21/h6-11,13-14,23-24H,4-5,12,15H2,1-3H3,(H,27,32)/t23-,24+/m1/s1. The summed E-state index contributed by atoms with van der Waals surface area (Å²) < 4.78 is 13.4. The van der Waals surface area contributed by atoms with Crippen molar-refractivity contribution in [3.63, 3.8) is 0 Å². The lowest BCUT2D eigenvalue weighted by molar-refractivity contribution is 0.174. The maximum absolute atomic E-state index is 5.79. The van der Waals surface area contributed by atoms with Crippen molar-refractivity contribution in [2.24, 2.45) is 0 Å². The molecule has 32 heavy (non-hydrogen) atoms. The molecule has 0 spiro atoms. The van der Waals surface area contributed by atoms with E-state index >= 15 is 0 Å². The number of thiocarbonyl (C=S) groups is 1. The molecule has 0 unspecified atom stereocenters. The number of nitrogens with zero attached hydrogens (tertiary/aromatic N) is 3. The van der Waals surface area contributed by atoms with Gasteiger partial charge in [-0.3, -0.25) is 4.98 Å². The van der Waals surface area contributed by atoms with Gasteiger partial charge >= 0.3 is 0 Å². The Bertz CT molecular complexity index is 1140. The van der Waals surface area contributed by atoms with E-state index in [1.165, 1.54) is 17.0 Å². The third-order valence-corrected chi connectivity index (χ3v) is 6.71. The molecule has 0 bridgehead atoms. The Hall–Kier alpha value is -3.06. The van der Waals surface area contributed by atoms with Gasteiger partial charge in [0.25, 0.3) is 0 Å². The van der Waals surface area contributed by atoms with Crippen LogP contribution in [0, 0.1) is 13.8 Å². The summed E-state index contributed by atoms with van der Waals surface area (Å²) >= 11 is 5.79. The molecule has 0 radical (unpaired) electrons. The highest BCUT2D eigenvalue weighted by atomic mass is 32.1. The van der Waals surface area contributed by atoms with Crippen molar-refractivity contribution in [1.29, 1.82) is 0 Å². The average molecular weight is 449 g/mol. The number of ether oxygens (including phenoxy) is 2. The molecule has 7 heteroatoms. The van der Waals surface area contributed by atoms with E-state index in [2.05, 4.69) is 64.8 Å². The summed E-state index contributed by atoms with van der Waals surface area (Å²) in [7, 11) is 0. The van der Waals surface area contributed by atoms with Crippen molar-refractivity contribution < 1.29 is 9.47 Å². The molecule has 3 aromatic rings. The van der Waals surface area contributed by atoms with Crippen LogP contribution in [0.5, 0.6) is 11.5 Å². The first-order valence-corrected chi connectivity index (χ1v) is 11.6. The molecule has 4 heterocycles. The van der Waals surface area contributed by atoms with Crippen LogP contribution in [0.3, 0.4) is 0 Å². The Labute approximate surface area is 194 Å². The van der Waals surface area contributed by atoms with Gasteiger partial charge in [-0.15, -0.1) is 0 Å². The predicted molar refractivity (Wildman–Crippen MR) is 128 cm³/mol. The molecular formula is C25H28N4O2S. The highest BCUT2D eigenvalue weighted by molar-refractivity contribution is 7.80. The molecule has 0 amide bonds. The smallest absolute Gasteiger partial charge is 0.231 e. The SMILES string of the molecule is CCCCN1C(=S)N[C@H](c2ccccn2)[C@@H]1c1cc(C)n(-c2ccc3c(c2)OCO3)c1C. The van der Waals surface area contributed by atoms with Gasteiger partial charge < -0.3 is 24.3 Å². The lowest BCUT2D eigenvalue weighted by Crippen LogP contribution is -2.30. The second-order valence-corrected chi connectivity index (χ2v) is 8.76. The Balaban J connectivity index is 1.59. The number of fused-ring (bicyclic) bond motifs is 1. The first-order valence-electron chi connectivity index (χ1n) is 11.2. The highest BCUT2D eigenvalue weighted by Gasteiger charge is 2.41. The van der Waals surface area contributed by atoms with Gasteiger partial charge in [0.15, 0.2) is 16.6 Å². The second-order valence-electron chi connectivity index (χ2n) is 8.37. The molecule has 0 saturated carbocycles. The molecule has 5 rings (SSSR count). The number of aryl methyl sites for hydroxylation is 1. The minimum atomic E-state index is 0.00580. The third-order valence-electron chi connectivity index (χ3n) is 6.35. The van der Waals surface area contributed by atoms with E-state index in [1.54, 1.807) is 0 Å². The summed E-state index contributed by atoms with van der Waals surface area (Å²) in [6.45, 7) is 7.74. The number of rotatable bonds is 6. The summed E-state index contributed by atoms with van der Waals surface area (Å²) in [5.74, 6) is 1.58. The predicted octanol–water partition coefficient (Wildman–Crippen LogP) is 4.99. The number of hydrogen-bond donors (Lipinski definition) is 1. The van der Waals surface area contributed by atoms with Crippen LogP contribution in [0.2, 0.25) is 0 Å². The van der Waals surface area contributed by atoms with E-state index in [1.807, 2.05) is 24.4 Å². The topological polar surface area (TPSA) is 51.6 Å². The van der Waals surface area contributed by atoms with Gasteiger partial charge in [0.2, 0.25) is 6.79 Å². The molecule has 1 aromatic carbocycles. The van der Waals surface area contributed by atoms with Crippen molar-refractivity contribution in [2.75, 3.05) is 13.3 Å². The average Bonchev–Trinajstić information content (AvgIpc) is 3.48. The fraction of sp³-hybridized carbons (Fsp3) is 0.360. The maximum Gasteiger partial charge on any atom is 0.231 e. The van der Waals surface area contributed by atoms with Crippen LogP contribution in [0.25, 0.3) is 5.69 Å². The van der Waals surface area contributed by atoms with Crippen molar-refractivity contribution in [2.45, 2.75) is 45.7 Å². The van der Waals surface area contributed by atoms with Crippen molar-refractivity contribution in [3.8, 4) is 17.2 Å². The summed E-state index contributed by atoms with van der Waals surface area (Å²) in [6.07, 6.45) is 4.06. The fourth-order valence-electron chi connectivity index (χ4n) is 4.82. The summed E-state index contributed by atoms with van der Waals surface area (Å²) in [5.41, 5.74) is 5.70. The largest absolute Gasteiger partial charge is 0.454 e. The lowest BCUT2D eigenvalue weighted by atomic mass is 9.96. The van der Waals surface area contributed by atoms with E-state index in [0.717, 1.165) is 47.4 Å². The van der Waals surface area contributed by atoms with Gasteiger partial charge in [0, 0.05) is 35.9 Å². The number of hydrogen-bond acceptors (Lipinski definition) is 4. The molecule has 2 aliphatic rings. The first-order chi connectivity index (χ1) is 15.6. The molecule has 1 fully saturated rings. The van der Waals surface area contributed by atoms with E-state index in [4.69, 9.17) is 21.7 Å². The quantitative estimate of drug-likeness (QED) is 0.536. The lowest BCUT2D eigenvalue weighted by Gasteiger charge is -2.28. The maximum atomic E-state index is 5.79. The number of aromatic nitrogens is 2. The van der Waals surface area contributed by atoms with Gasteiger partial charge in [-0.2, -0.15) is 0 Å². The summed E-state index contributed by atoms with van der Waals surface area (Å²) in [6, 6.07) is 14.6. The number of nitrogens with one attached hydrogen (secondary N) is 1. The van der Waals surface area contributed by atoms with Crippen LogP contribution in [-0.4, -0.2) is 32.9 Å². The van der Waals surface area contributed by atoms with Gasteiger partial charge in [0.05, 0.1) is 17.8 Å². The van der Waals surface area contributed by atoms with E-state index in [-0.39, 0.29) is 18.9 Å². The molecule has 2 aliphatic heterocycles. The first kappa shape index (κ1) is 20.8. The Morgan fingerprint density at radius 3 is 2.75 bits per heavy atom. The summed E-state index contributed by atoms with van der Waals surface area (Å²) in [4.78, 5) is 6.99. The normalized spacial score (nSPS) is 19.5. The zero-order valence-electron chi connectivity index (χ0n) is 18.7. The van der Waals surface area contributed by atoms with Crippen LogP contribution >= 0.6 is 12.2 Å². The fourth-order valence-corrected chi connectivity index (χ4v) is 5.15.